The second-order valence-corrected chi connectivity index (χ2v) is 10.4. The minimum absolute atomic E-state index is 0.170. The minimum Gasteiger partial charge on any atom is -0.299 e. The number of alkyl halides is 2. The molecule has 6 heteroatoms. The quantitative estimate of drug-likeness (QED) is 0.325. The Morgan fingerprint density at radius 2 is 1.71 bits per heavy atom. The molecule has 3 nitrogen and oxygen atoms in total. The van der Waals surface area contributed by atoms with Crippen LogP contribution in [-0.2, 0) is 0 Å². The van der Waals surface area contributed by atoms with Gasteiger partial charge in [0.1, 0.15) is 4.33 Å². The van der Waals surface area contributed by atoms with E-state index in [1.165, 1.54) is 24.0 Å². The molecule has 0 saturated heterocycles. The number of thioether (sulfide) groups is 1. The molecular formula is C22H21Cl2N3S. The molecule has 0 spiro atoms. The van der Waals surface area contributed by atoms with Crippen LogP contribution in [0.2, 0.25) is 0 Å². The predicted octanol–water partition coefficient (Wildman–Crippen LogP) is 6.62. The predicted molar refractivity (Wildman–Crippen MR) is 116 cm³/mol. The van der Waals surface area contributed by atoms with E-state index in [4.69, 9.17) is 23.2 Å². The van der Waals surface area contributed by atoms with Gasteiger partial charge in [0.2, 0.25) is 0 Å². The Balaban J connectivity index is 1.51. The van der Waals surface area contributed by atoms with Crippen LogP contribution in [0.3, 0.4) is 0 Å². The summed E-state index contributed by atoms with van der Waals surface area (Å²) in [6.45, 7) is 2.10. The van der Waals surface area contributed by atoms with Gasteiger partial charge in [-0.3, -0.25) is 4.57 Å². The zero-order valence-electron chi connectivity index (χ0n) is 15.6. The molecule has 0 radical (unpaired) electrons. The van der Waals surface area contributed by atoms with E-state index in [9.17, 15) is 0 Å². The van der Waals surface area contributed by atoms with Crippen LogP contribution in [0.1, 0.15) is 41.7 Å². The van der Waals surface area contributed by atoms with Gasteiger partial charge in [0, 0.05) is 22.8 Å². The molecule has 2 atom stereocenters. The Labute approximate surface area is 179 Å². The average Bonchev–Trinajstić information content (AvgIpc) is 3.60. The van der Waals surface area contributed by atoms with Crippen molar-refractivity contribution in [3.63, 3.8) is 0 Å². The summed E-state index contributed by atoms with van der Waals surface area (Å²) in [7, 11) is 0. The Bertz CT molecular complexity index is 981. The van der Waals surface area contributed by atoms with Crippen LogP contribution in [0.4, 0.5) is 0 Å². The van der Waals surface area contributed by atoms with Gasteiger partial charge in [-0.2, -0.15) is 0 Å². The first-order valence-electron chi connectivity index (χ1n) is 9.64. The Hall–Kier alpha value is -1.49. The van der Waals surface area contributed by atoms with E-state index in [0.717, 1.165) is 23.0 Å². The van der Waals surface area contributed by atoms with Crippen molar-refractivity contribution in [2.75, 3.05) is 0 Å². The van der Waals surface area contributed by atoms with Crippen molar-refractivity contribution in [3.05, 3.63) is 65.7 Å². The third-order valence-corrected chi connectivity index (χ3v) is 7.70. The second kappa shape index (κ2) is 7.08. The molecule has 5 rings (SSSR count). The van der Waals surface area contributed by atoms with E-state index in [-0.39, 0.29) is 11.2 Å². The van der Waals surface area contributed by atoms with Gasteiger partial charge in [-0.1, -0.05) is 71.9 Å². The van der Waals surface area contributed by atoms with Gasteiger partial charge >= 0.3 is 0 Å². The van der Waals surface area contributed by atoms with Crippen LogP contribution in [0.25, 0.3) is 11.4 Å². The number of nitrogens with zero attached hydrogens (tertiary/aromatic N) is 3. The van der Waals surface area contributed by atoms with E-state index < -0.39 is 4.33 Å². The molecule has 2 aliphatic rings. The number of rotatable bonds is 6. The Kier molecular flexibility index (Phi) is 4.69. The van der Waals surface area contributed by atoms with E-state index in [1.54, 1.807) is 11.8 Å². The number of hydrogen-bond acceptors (Lipinski definition) is 3. The van der Waals surface area contributed by atoms with E-state index in [2.05, 4.69) is 70.2 Å². The summed E-state index contributed by atoms with van der Waals surface area (Å²) >= 11 is 14.7. The second-order valence-electron chi connectivity index (χ2n) is 7.79. The van der Waals surface area contributed by atoms with Gasteiger partial charge in [-0.15, -0.1) is 33.4 Å². The molecule has 3 aromatic rings. The summed E-state index contributed by atoms with van der Waals surface area (Å²) < 4.78 is 1.68. The smallest absolute Gasteiger partial charge is 0.192 e. The van der Waals surface area contributed by atoms with Crippen molar-refractivity contribution in [2.45, 2.75) is 47.0 Å². The highest BCUT2D eigenvalue weighted by atomic mass is 35.5. The standard InChI is InChI=1S/C22H21Cl2N3S/c1-14-7-9-16(10-8-14)20-25-26-21(27(20)17-11-12-17)28-19(18-13-22(18,23)24)15-5-3-2-4-6-15/h2-10,17-19H,11-13H2,1H3. The normalized spacial score (nSPS) is 21.5. The summed E-state index contributed by atoms with van der Waals surface area (Å²) in [5.41, 5.74) is 3.60. The molecule has 28 heavy (non-hydrogen) atoms. The van der Waals surface area contributed by atoms with Crippen molar-refractivity contribution < 1.29 is 0 Å². The van der Waals surface area contributed by atoms with Gasteiger partial charge in [0.25, 0.3) is 0 Å². The molecule has 0 aliphatic heterocycles. The number of benzene rings is 2. The van der Waals surface area contributed by atoms with Gasteiger partial charge < -0.3 is 0 Å². The van der Waals surface area contributed by atoms with Gasteiger partial charge in [-0.25, -0.2) is 0 Å². The zero-order valence-corrected chi connectivity index (χ0v) is 17.9. The van der Waals surface area contributed by atoms with E-state index in [1.807, 2.05) is 6.07 Å². The zero-order chi connectivity index (χ0) is 19.3. The fourth-order valence-electron chi connectivity index (χ4n) is 3.62. The highest BCUT2D eigenvalue weighted by molar-refractivity contribution is 7.99. The van der Waals surface area contributed by atoms with Crippen molar-refractivity contribution >= 4 is 35.0 Å². The fraction of sp³-hybridized carbons (Fsp3) is 0.364. The van der Waals surface area contributed by atoms with Crippen LogP contribution in [0.5, 0.6) is 0 Å². The Morgan fingerprint density at radius 1 is 1.04 bits per heavy atom. The lowest BCUT2D eigenvalue weighted by atomic mass is 10.1. The van der Waals surface area contributed by atoms with E-state index >= 15 is 0 Å². The lowest BCUT2D eigenvalue weighted by molar-refractivity contribution is 0.663. The average molecular weight is 430 g/mol. The topological polar surface area (TPSA) is 30.7 Å². The largest absolute Gasteiger partial charge is 0.299 e. The van der Waals surface area contributed by atoms with Crippen LogP contribution in [0, 0.1) is 12.8 Å². The first-order chi connectivity index (χ1) is 13.5. The van der Waals surface area contributed by atoms with Crippen LogP contribution >= 0.6 is 35.0 Å². The van der Waals surface area contributed by atoms with Crippen LogP contribution < -0.4 is 0 Å². The van der Waals surface area contributed by atoms with Gasteiger partial charge in [-0.05, 0) is 31.7 Å². The molecule has 0 bridgehead atoms. The molecule has 0 amide bonds. The number of hydrogen-bond donors (Lipinski definition) is 0. The number of aromatic nitrogens is 3. The Morgan fingerprint density at radius 3 is 2.32 bits per heavy atom. The molecule has 2 saturated carbocycles. The molecule has 144 valence electrons. The summed E-state index contributed by atoms with van der Waals surface area (Å²) in [6.07, 6.45) is 3.17. The fourth-order valence-corrected chi connectivity index (χ4v) is 5.80. The highest BCUT2D eigenvalue weighted by Crippen LogP contribution is 2.63. The monoisotopic (exact) mass is 429 g/mol. The van der Waals surface area contributed by atoms with Crippen molar-refractivity contribution in [3.8, 4) is 11.4 Å². The van der Waals surface area contributed by atoms with E-state index in [0.29, 0.717) is 6.04 Å². The molecule has 0 N–H and O–H groups in total. The first kappa shape index (κ1) is 18.5. The maximum Gasteiger partial charge on any atom is 0.192 e. The van der Waals surface area contributed by atoms with Crippen molar-refractivity contribution in [1.29, 1.82) is 0 Å². The minimum atomic E-state index is -0.641. The first-order valence-corrected chi connectivity index (χ1v) is 11.3. The molecule has 2 unspecified atom stereocenters. The maximum atomic E-state index is 6.46. The molecule has 2 fully saturated rings. The van der Waals surface area contributed by atoms with Gasteiger partial charge in [0.15, 0.2) is 11.0 Å². The third kappa shape index (κ3) is 3.58. The summed E-state index contributed by atoms with van der Waals surface area (Å²) in [6, 6.07) is 19.5. The summed E-state index contributed by atoms with van der Waals surface area (Å²) in [5.74, 6) is 1.17. The molecule has 1 aromatic heterocycles. The van der Waals surface area contributed by atoms with Gasteiger partial charge in [0.05, 0.1) is 0 Å². The summed E-state index contributed by atoms with van der Waals surface area (Å²) in [5, 5.41) is 10.3. The third-order valence-electron chi connectivity index (χ3n) is 5.49. The molecular weight excluding hydrogens is 409 g/mol. The van der Waals surface area contributed by atoms with Crippen LogP contribution in [0.15, 0.2) is 59.8 Å². The molecule has 1 heterocycles. The SMILES string of the molecule is Cc1ccc(-c2nnc(SC(c3ccccc3)C3CC3(Cl)Cl)n2C2CC2)cc1. The molecule has 2 aromatic carbocycles. The molecule has 2 aliphatic carbocycles. The highest BCUT2D eigenvalue weighted by Gasteiger charge is 2.56. The lowest BCUT2D eigenvalue weighted by Gasteiger charge is -2.18. The van der Waals surface area contributed by atoms with Crippen molar-refractivity contribution in [2.24, 2.45) is 5.92 Å². The maximum absolute atomic E-state index is 6.46. The lowest BCUT2D eigenvalue weighted by Crippen LogP contribution is -2.06. The van der Waals surface area contributed by atoms with Crippen LogP contribution in [-0.4, -0.2) is 19.1 Å². The summed E-state index contributed by atoms with van der Waals surface area (Å²) in [4.78, 5) is 0. The number of halogens is 2. The number of aryl methyl sites for hydroxylation is 1. The van der Waals surface area contributed by atoms with Crippen molar-refractivity contribution in [1.82, 2.24) is 14.8 Å².